The lowest BCUT2D eigenvalue weighted by Crippen LogP contribution is -2.46. The number of alkyl halides is 3. The standard InChI is InChI=1S/C15H15ClF3N5/c16-12-8-21-14(22-9-12)24-6-4-23(5-7-24)10-11-2-1-3-20-13(11)15(17,18)19/h1-3,8-9H,4-7,10H2. The van der Waals surface area contributed by atoms with Gasteiger partial charge in [-0.2, -0.15) is 13.2 Å². The van der Waals surface area contributed by atoms with E-state index in [4.69, 9.17) is 11.6 Å². The van der Waals surface area contributed by atoms with Gasteiger partial charge >= 0.3 is 6.18 Å². The van der Waals surface area contributed by atoms with Gasteiger partial charge in [0.05, 0.1) is 17.4 Å². The summed E-state index contributed by atoms with van der Waals surface area (Å²) in [5.41, 5.74) is -0.616. The molecule has 0 aromatic carbocycles. The number of pyridine rings is 1. The molecule has 0 unspecified atom stereocenters. The molecule has 1 fully saturated rings. The molecule has 5 nitrogen and oxygen atoms in total. The molecule has 24 heavy (non-hydrogen) atoms. The number of nitrogens with zero attached hydrogens (tertiary/aromatic N) is 5. The molecule has 0 bridgehead atoms. The zero-order valence-electron chi connectivity index (χ0n) is 12.7. The van der Waals surface area contributed by atoms with Crippen molar-refractivity contribution < 1.29 is 13.2 Å². The van der Waals surface area contributed by atoms with Gasteiger partial charge in [-0.1, -0.05) is 17.7 Å². The summed E-state index contributed by atoms with van der Waals surface area (Å²) in [7, 11) is 0. The molecule has 9 heteroatoms. The molecule has 1 aliphatic rings. The Kier molecular flexibility index (Phi) is 4.86. The molecular weight excluding hydrogens is 343 g/mol. The van der Waals surface area contributed by atoms with Crippen molar-refractivity contribution in [2.75, 3.05) is 31.1 Å². The molecule has 1 saturated heterocycles. The van der Waals surface area contributed by atoms with Crippen LogP contribution in [0.3, 0.4) is 0 Å². The number of hydrogen-bond donors (Lipinski definition) is 0. The Morgan fingerprint density at radius 3 is 2.33 bits per heavy atom. The lowest BCUT2D eigenvalue weighted by molar-refractivity contribution is -0.142. The van der Waals surface area contributed by atoms with Crippen LogP contribution >= 0.6 is 11.6 Å². The molecule has 128 valence electrons. The molecule has 0 N–H and O–H groups in total. The minimum absolute atomic E-state index is 0.196. The predicted octanol–water partition coefficient (Wildman–Crippen LogP) is 2.87. The van der Waals surface area contributed by atoms with Crippen LogP contribution in [-0.2, 0) is 12.7 Å². The van der Waals surface area contributed by atoms with Crippen molar-refractivity contribution in [2.24, 2.45) is 0 Å². The fraction of sp³-hybridized carbons (Fsp3) is 0.400. The third kappa shape index (κ3) is 3.93. The summed E-state index contributed by atoms with van der Waals surface area (Å²) in [5.74, 6) is 0.580. The Bertz CT molecular complexity index is 684. The summed E-state index contributed by atoms with van der Waals surface area (Å²) >= 11 is 5.77. The van der Waals surface area contributed by atoms with E-state index < -0.39 is 11.9 Å². The lowest BCUT2D eigenvalue weighted by atomic mass is 10.1. The number of rotatable bonds is 3. The highest BCUT2D eigenvalue weighted by molar-refractivity contribution is 6.30. The molecule has 0 aliphatic carbocycles. The first-order valence-electron chi connectivity index (χ1n) is 7.39. The van der Waals surface area contributed by atoms with Crippen LogP contribution in [0.5, 0.6) is 0 Å². The van der Waals surface area contributed by atoms with Gasteiger partial charge < -0.3 is 4.90 Å². The van der Waals surface area contributed by atoms with E-state index in [1.165, 1.54) is 30.7 Å². The van der Waals surface area contributed by atoms with Crippen LogP contribution in [0.4, 0.5) is 19.1 Å². The predicted molar refractivity (Wildman–Crippen MR) is 83.8 cm³/mol. The van der Waals surface area contributed by atoms with Crippen molar-refractivity contribution in [2.45, 2.75) is 12.7 Å². The summed E-state index contributed by atoms with van der Waals surface area (Å²) in [6.07, 6.45) is -0.208. The van der Waals surface area contributed by atoms with E-state index in [1.807, 2.05) is 9.80 Å². The highest BCUT2D eigenvalue weighted by Crippen LogP contribution is 2.30. The third-order valence-corrected chi connectivity index (χ3v) is 4.01. The average molecular weight is 358 g/mol. The maximum absolute atomic E-state index is 13.0. The fourth-order valence-electron chi connectivity index (χ4n) is 2.64. The van der Waals surface area contributed by atoms with Crippen molar-refractivity contribution >= 4 is 17.5 Å². The van der Waals surface area contributed by atoms with Gasteiger partial charge in [0.25, 0.3) is 0 Å². The second-order valence-electron chi connectivity index (χ2n) is 5.47. The van der Waals surface area contributed by atoms with Gasteiger partial charge in [-0.25, -0.2) is 9.97 Å². The quantitative estimate of drug-likeness (QED) is 0.845. The van der Waals surface area contributed by atoms with Crippen LogP contribution < -0.4 is 4.90 Å². The molecule has 3 rings (SSSR count). The monoisotopic (exact) mass is 357 g/mol. The molecule has 1 aliphatic heterocycles. The van der Waals surface area contributed by atoms with E-state index >= 15 is 0 Å². The van der Waals surface area contributed by atoms with E-state index in [0.717, 1.165) is 0 Å². The number of halogens is 4. The second-order valence-corrected chi connectivity index (χ2v) is 5.91. The van der Waals surface area contributed by atoms with Gasteiger partial charge in [0.2, 0.25) is 5.95 Å². The Balaban J connectivity index is 1.63. The number of hydrogen-bond acceptors (Lipinski definition) is 5. The summed E-state index contributed by atoms with van der Waals surface area (Å²) in [5, 5.41) is 0.466. The minimum atomic E-state index is -4.43. The second kappa shape index (κ2) is 6.90. The first-order chi connectivity index (χ1) is 11.4. The summed E-state index contributed by atoms with van der Waals surface area (Å²) < 4.78 is 39.0. The van der Waals surface area contributed by atoms with Gasteiger partial charge in [0, 0.05) is 38.9 Å². The summed E-state index contributed by atoms with van der Waals surface area (Å²) in [6.45, 7) is 2.75. The molecular formula is C15H15ClF3N5. The maximum atomic E-state index is 13.0. The highest BCUT2D eigenvalue weighted by atomic mass is 35.5. The third-order valence-electron chi connectivity index (χ3n) is 3.82. The smallest absolute Gasteiger partial charge is 0.338 e. The molecule has 2 aromatic heterocycles. The first-order valence-corrected chi connectivity index (χ1v) is 7.77. The topological polar surface area (TPSA) is 45.2 Å². The van der Waals surface area contributed by atoms with E-state index in [-0.39, 0.29) is 12.1 Å². The number of piperazine rings is 1. The zero-order valence-corrected chi connectivity index (χ0v) is 13.4. The van der Waals surface area contributed by atoms with E-state index in [0.29, 0.717) is 37.1 Å². The van der Waals surface area contributed by atoms with Gasteiger partial charge in [-0.15, -0.1) is 0 Å². The van der Waals surface area contributed by atoms with E-state index in [1.54, 1.807) is 0 Å². The van der Waals surface area contributed by atoms with Crippen LogP contribution in [0.15, 0.2) is 30.7 Å². The fourth-order valence-corrected chi connectivity index (χ4v) is 2.73. The van der Waals surface area contributed by atoms with Gasteiger partial charge in [0.15, 0.2) is 0 Å². The Labute approximate surface area is 142 Å². The van der Waals surface area contributed by atoms with Crippen LogP contribution in [0.1, 0.15) is 11.3 Å². The molecule has 0 saturated carbocycles. The van der Waals surface area contributed by atoms with E-state index in [9.17, 15) is 13.2 Å². The van der Waals surface area contributed by atoms with Gasteiger partial charge in [-0.3, -0.25) is 9.88 Å². The van der Waals surface area contributed by atoms with Crippen molar-refractivity contribution in [3.05, 3.63) is 47.0 Å². The highest BCUT2D eigenvalue weighted by Gasteiger charge is 2.35. The SMILES string of the molecule is FC(F)(F)c1ncccc1CN1CCN(c2ncc(Cl)cn2)CC1. The number of anilines is 1. The van der Waals surface area contributed by atoms with Crippen molar-refractivity contribution in [1.82, 2.24) is 19.9 Å². The Morgan fingerprint density at radius 2 is 1.71 bits per heavy atom. The average Bonchev–Trinajstić information content (AvgIpc) is 2.56. The van der Waals surface area contributed by atoms with Crippen LogP contribution in [0.25, 0.3) is 0 Å². The van der Waals surface area contributed by atoms with Gasteiger partial charge in [-0.05, 0) is 11.6 Å². The van der Waals surface area contributed by atoms with Crippen LogP contribution in [-0.4, -0.2) is 46.0 Å². The molecule has 0 atom stereocenters. The normalized spacial score (nSPS) is 16.4. The zero-order chi connectivity index (χ0) is 17.2. The Hall–Kier alpha value is -1.93. The largest absolute Gasteiger partial charge is 0.433 e. The molecule has 0 spiro atoms. The van der Waals surface area contributed by atoms with Crippen LogP contribution in [0, 0.1) is 0 Å². The molecule has 3 heterocycles. The van der Waals surface area contributed by atoms with Crippen LogP contribution in [0.2, 0.25) is 5.02 Å². The number of aromatic nitrogens is 3. The molecule has 0 radical (unpaired) electrons. The summed E-state index contributed by atoms with van der Waals surface area (Å²) in [6, 6.07) is 3.01. The minimum Gasteiger partial charge on any atom is -0.338 e. The van der Waals surface area contributed by atoms with Crippen molar-refractivity contribution in [1.29, 1.82) is 0 Å². The van der Waals surface area contributed by atoms with Gasteiger partial charge in [0.1, 0.15) is 5.69 Å². The first kappa shape index (κ1) is 16.9. The van der Waals surface area contributed by atoms with E-state index in [2.05, 4.69) is 15.0 Å². The lowest BCUT2D eigenvalue weighted by Gasteiger charge is -2.34. The van der Waals surface area contributed by atoms with Crippen molar-refractivity contribution in [3.8, 4) is 0 Å². The molecule has 0 amide bonds. The van der Waals surface area contributed by atoms with Crippen molar-refractivity contribution in [3.63, 3.8) is 0 Å². The maximum Gasteiger partial charge on any atom is 0.433 e. The Morgan fingerprint density at radius 1 is 1.04 bits per heavy atom. The summed E-state index contributed by atoms with van der Waals surface area (Å²) in [4.78, 5) is 15.8. The molecule has 2 aromatic rings.